The smallest absolute Gasteiger partial charge is 0.334 e. The molecule has 0 bridgehead atoms. The standard InChI is InChI=1S/C8H14O5/c1-5(8(11)12)7(13-2)3-6(10)4-9/h6,9-10H,3-4H2,1-2H3,(H,11,12). The van der Waals surface area contributed by atoms with E-state index in [4.69, 9.17) is 20.1 Å². The van der Waals surface area contributed by atoms with Crippen LogP contribution in [0.4, 0.5) is 0 Å². The number of hydrogen-bond acceptors (Lipinski definition) is 4. The summed E-state index contributed by atoms with van der Waals surface area (Å²) >= 11 is 0. The molecule has 5 heteroatoms. The molecule has 0 radical (unpaired) electrons. The lowest BCUT2D eigenvalue weighted by Crippen LogP contribution is -2.15. The zero-order valence-electron chi connectivity index (χ0n) is 7.65. The number of aliphatic hydroxyl groups is 2. The lowest BCUT2D eigenvalue weighted by atomic mass is 10.1. The van der Waals surface area contributed by atoms with Gasteiger partial charge in [0.15, 0.2) is 0 Å². The number of carboxylic acid groups (broad SMARTS) is 1. The number of aliphatic hydroxyl groups excluding tert-OH is 2. The van der Waals surface area contributed by atoms with Gasteiger partial charge in [0.1, 0.15) is 5.76 Å². The highest BCUT2D eigenvalue weighted by molar-refractivity contribution is 5.86. The van der Waals surface area contributed by atoms with Crippen LogP contribution in [0.5, 0.6) is 0 Å². The minimum Gasteiger partial charge on any atom is -0.500 e. The van der Waals surface area contributed by atoms with Gasteiger partial charge in [-0.1, -0.05) is 0 Å². The Balaban J connectivity index is 4.49. The van der Waals surface area contributed by atoms with E-state index in [1.807, 2.05) is 0 Å². The van der Waals surface area contributed by atoms with Crippen LogP contribution in [0.25, 0.3) is 0 Å². The molecule has 0 aliphatic heterocycles. The summed E-state index contributed by atoms with van der Waals surface area (Å²) in [6.07, 6.45) is -0.977. The third kappa shape index (κ3) is 3.91. The maximum absolute atomic E-state index is 10.5. The molecule has 0 saturated carbocycles. The molecule has 3 N–H and O–H groups in total. The summed E-state index contributed by atoms with van der Waals surface area (Å²) in [5.41, 5.74) is 0.0370. The van der Waals surface area contributed by atoms with Crippen LogP contribution in [0.15, 0.2) is 11.3 Å². The van der Waals surface area contributed by atoms with Crippen molar-refractivity contribution in [2.24, 2.45) is 0 Å². The van der Waals surface area contributed by atoms with Crippen molar-refractivity contribution in [1.82, 2.24) is 0 Å². The van der Waals surface area contributed by atoms with Gasteiger partial charge in [-0.15, -0.1) is 0 Å². The molecule has 5 nitrogen and oxygen atoms in total. The summed E-state index contributed by atoms with van der Waals surface area (Å²) in [5.74, 6) is -0.920. The Morgan fingerprint density at radius 2 is 2.08 bits per heavy atom. The zero-order valence-corrected chi connectivity index (χ0v) is 7.65. The van der Waals surface area contributed by atoms with Gasteiger partial charge in [-0.3, -0.25) is 0 Å². The van der Waals surface area contributed by atoms with Crippen LogP contribution >= 0.6 is 0 Å². The molecule has 0 amide bonds. The molecular weight excluding hydrogens is 176 g/mol. The lowest BCUT2D eigenvalue weighted by Gasteiger charge is -2.11. The highest BCUT2D eigenvalue weighted by atomic mass is 16.5. The molecule has 1 atom stereocenters. The average Bonchev–Trinajstić information content (AvgIpc) is 2.12. The molecule has 0 heterocycles. The van der Waals surface area contributed by atoms with Gasteiger partial charge < -0.3 is 20.1 Å². The predicted molar refractivity (Wildman–Crippen MR) is 45.1 cm³/mol. The SMILES string of the molecule is COC(CC(O)CO)=C(C)C(=O)O. The Labute approximate surface area is 76.3 Å². The second-order valence-corrected chi connectivity index (χ2v) is 2.60. The highest BCUT2D eigenvalue weighted by Gasteiger charge is 2.13. The number of ether oxygens (including phenoxy) is 1. The van der Waals surface area contributed by atoms with E-state index in [1.165, 1.54) is 14.0 Å². The van der Waals surface area contributed by atoms with Gasteiger partial charge in [-0.25, -0.2) is 4.79 Å². The highest BCUT2D eigenvalue weighted by Crippen LogP contribution is 2.12. The van der Waals surface area contributed by atoms with E-state index in [9.17, 15) is 4.79 Å². The zero-order chi connectivity index (χ0) is 10.4. The van der Waals surface area contributed by atoms with Crippen LogP contribution in [0.1, 0.15) is 13.3 Å². The van der Waals surface area contributed by atoms with Crippen LogP contribution in [0.2, 0.25) is 0 Å². The fraction of sp³-hybridized carbons (Fsp3) is 0.625. The van der Waals surface area contributed by atoms with Crippen molar-refractivity contribution in [2.75, 3.05) is 13.7 Å². The summed E-state index contributed by atoms with van der Waals surface area (Å²) in [5, 5.41) is 26.1. The topological polar surface area (TPSA) is 87.0 Å². The maximum atomic E-state index is 10.5. The van der Waals surface area contributed by atoms with Gasteiger partial charge in [0.05, 0.1) is 25.4 Å². The molecule has 0 rings (SSSR count). The van der Waals surface area contributed by atoms with Crippen molar-refractivity contribution in [1.29, 1.82) is 0 Å². The van der Waals surface area contributed by atoms with Crippen molar-refractivity contribution in [3.8, 4) is 0 Å². The first-order chi connectivity index (χ1) is 6.02. The van der Waals surface area contributed by atoms with Gasteiger partial charge in [0.25, 0.3) is 0 Å². The van der Waals surface area contributed by atoms with Crippen LogP contribution in [0, 0.1) is 0 Å². The Morgan fingerprint density at radius 3 is 2.38 bits per heavy atom. The number of rotatable bonds is 5. The fourth-order valence-corrected chi connectivity index (χ4v) is 0.787. The molecule has 0 spiro atoms. The van der Waals surface area contributed by atoms with Crippen LogP contribution in [0.3, 0.4) is 0 Å². The number of carbonyl (C=O) groups is 1. The Hall–Kier alpha value is -1.07. The fourth-order valence-electron chi connectivity index (χ4n) is 0.787. The minimum absolute atomic E-state index is 0.00509. The normalized spacial score (nSPS) is 14.8. The molecule has 0 aromatic heterocycles. The van der Waals surface area contributed by atoms with E-state index in [2.05, 4.69) is 0 Å². The third-order valence-corrected chi connectivity index (χ3v) is 1.62. The van der Waals surface area contributed by atoms with E-state index in [1.54, 1.807) is 0 Å². The Morgan fingerprint density at radius 1 is 1.54 bits per heavy atom. The molecule has 0 aliphatic rings. The monoisotopic (exact) mass is 190 g/mol. The van der Waals surface area contributed by atoms with E-state index in [0.29, 0.717) is 0 Å². The molecule has 13 heavy (non-hydrogen) atoms. The molecule has 76 valence electrons. The van der Waals surface area contributed by atoms with Crippen molar-refractivity contribution in [3.05, 3.63) is 11.3 Å². The second-order valence-electron chi connectivity index (χ2n) is 2.60. The van der Waals surface area contributed by atoms with Gasteiger partial charge in [-0.05, 0) is 6.92 Å². The summed E-state index contributed by atoms with van der Waals surface area (Å²) in [4.78, 5) is 10.5. The first-order valence-electron chi connectivity index (χ1n) is 3.78. The van der Waals surface area contributed by atoms with Gasteiger partial charge >= 0.3 is 5.97 Å². The molecule has 0 fully saturated rings. The summed E-state index contributed by atoms with van der Waals surface area (Å²) in [6.45, 7) is 0.963. The van der Waals surface area contributed by atoms with Crippen molar-refractivity contribution in [3.63, 3.8) is 0 Å². The van der Waals surface area contributed by atoms with E-state index >= 15 is 0 Å². The van der Waals surface area contributed by atoms with Crippen LogP contribution < -0.4 is 0 Å². The first-order valence-corrected chi connectivity index (χ1v) is 3.78. The number of carboxylic acids is 1. The molecule has 0 saturated heterocycles. The number of aliphatic carboxylic acids is 1. The Kier molecular flexibility index (Phi) is 5.10. The number of methoxy groups -OCH3 is 1. The maximum Gasteiger partial charge on any atom is 0.334 e. The minimum atomic E-state index is -1.10. The predicted octanol–water partition coefficient (Wildman–Crippen LogP) is -0.265. The molecule has 0 aliphatic carbocycles. The van der Waals surface area contributed by atoms with Gasteiger partial charge in [-0.2, -0.15) is 0 Å². The quantitative estimate of drug-likeness (QED) is 0.410. The van der Waals surface area contributed by atoms with Crippen molar-refractivity contribution in [2.45, 2.75) is 19.4 Å². The third-order valence-electron chi connectivity index (χ3n) is 1.62. The van der Waals surface area contributed by atoms with E-state index < -0.39 is 18.7 Å². The summed E-state index contributed by atoms with van der Waals surface area (Å²) in [7, 11) is 1.33. The van der Waals surface area contributed by atoms with Crippen LogP contribution in [-0.4, -0.2) is 41.1 Å². The summed E-state index contributed by atoms with van der Waals surface area (Å²) in [6, 6.07) is 0. The lowest BCUT2D eigenvalue weighted by molar-refractivity contribution is -0.132. The molecule has 0 aromatic rings. The molecular formula is C8H14O5. The van der Waals surface area contributed by atoms with Gasteiger partial charge in [0.2, 0.25) is 0 Å². The second kappa shape index (κ2) is 5.55. The van der Waals surface area contributed by atoms with E-state index in [0.717, 1.165) is 0 Å². The van der Waals surface area contributed by atoms with Crippen LogP contribution in [-0.2, 0) is 9.53 Å². The first kappa shape index (κ1) is 11.9. The summed E-state index contributed by atoms with van der Waals surface area (Å²) < 4.78 is 4.77. The largest absolute Gasteiger partial charge is 0.500 e. The Bertz CT molecular complexity index is 209. The molecule has 0 aromatic carbocycles. The van der Waals surface area contributed by atoms with Crippen molar-refractivity contribution >= 4 is 5.97 Å². The van der Waals surface area contributed by atoms with Gasteiger partial charge in [0, 0.05) is 6.42 Å². The van der Waals surface area contributed by atoms with Crippen molar-refractivity contribution < 1.29 is 24.9 Å². The average molecular weight is 190 g/mol. The molecule has 1 unspecified atom stereocenters. The number of hydrogen-bond donors (Lipinski definition) is 3. The van der Waals surface area contributed by atoms with E-state index in [-0.39, 0.29) is 17.8 Å².